The van der Waals surface area contributed by atoms with Gasteiger partial charge in [-0.3, -0.25) is 0 Å². The molecule has 1 aromatic rings. The molecule has 0 aliphatic carbocycles. The number of rotatable bonds is 0. The fourth-order valence-corrected chi connectivity index (χ4v) is 3.13. The molecule has 0 atom stereocenters. The van der Waals surface area contributed by atoms with Gasteiger partial charge in [0.05, 0.1) is 5.69 Å². The summed E-state index contributed by atoms with van der Waals surface area (Å²) in [6.07, 6.45) is 3.60. The highest BCUT2D eigenvalue weighted by molar-refractivity contribution is 6.30. The molecule has 2 aliphatic heterocycles. The summed E-state index contributed by atoms with van der Waals surface area (Å²) in [4.78, 5) is 7.26. The van der Waals surface area contributed by atoms with Crippen molar-refractivity contribution in [2.45, 2.75) is 39.7 Å². The highest BCUT2D eigenvalue weighted by Crippen LogP contribution is 2.35. The second-order valence-electron chi connectivity index (χ2n) is 6.17. The van der Waals surface area contributed by atoms with Crippen molar-refractivity contribution in [3.63, 3.8) is 0 Å². The molecule has 2 nitrogen and oxygen atoms in total. The molecule has 0 N–H and O–H groups in total. The van der Waals surface area contributed by atoms with Gasteiger partial charge in [0.25, 0.3) is 0 Å². The van der Waals surface area contributed by atoms with E-state index in [9.17, 15) is 0 Å². The summed E-state index contributed by atoms with van der Waals surface area (Å²) in [6.45, 7) is 6.79. The van der Waals surface area contributed by atoms with Gasteiger partial charge in [-0.15, -0.1) is 0 Å². The molecule has 0 bridgehead atoms. The molecule has 0 radical (unpaired) electrons. The van der Waals surface area contributed by atoms with E-state index in [0.717, 1.165) is 30.2 Å². The van der Waals surface area contributed by atoms with Crippen LogP contribution in [-0.2, 0) is 6.54 Å². The second-order valence-corrected chi connectivity index (χ2v) is 6.61. The third-order valence-electron chi connectivity index (χ3n) is 3.90. The van der Waals surface area contributed by atoms with Gasteiger partial charge in [0.2, 0.25) is 0 Å². The van der Waals surface area contributed by atoms with Gasteiger partial charge < -0.3 is 4.90 Å². The molecule has 0 saturated carbocycles. The normalized spacial score (nSPS) is 21.7. The fraction of sp³-hybridized carbons (Fsp3) is 0.533. The number of amidine groups is 1. The van der Waals surface area contributed by atoms with Gasteiger partial charge in [0.15, 0.2) is 0 Å². The minimum Gasteiger partial charge on any atom is -0.355 e. The van der Waals surface area contributed by atoms with Gasteiger partial charge in [-0.25, -0.2) is 4.99 Å². The molecule has 1 saturated heterocycles. The highest BCUT2D eigenvalue weighted by Gasteiger charge is 2.29. The van der Waals surface area contributed by atoms with E-state index in [4.69, 9.17) is 16.6 Å². The third kappa shape index (κ3) is 2.26. The van der Waals surface area contributed by atoms with Crippen LogP contribution in [0.15, 0.2) is 23.2 Å². The molecule has 1 fully saturated rings. The van der Waals surface area contributed by atoms with Gasteiger partial charge in [0, 0.05) is 24.5 Å². The van der Waals surface area contributed by atoms with E-state index in [-0.39, 0.29) is 0 Å². The maximum Gasteiger partial charge on any atom is 0.105 e. The summed E-state index contributed by atoms with van der Waals surface area (Å²) >= 11 is 6.05. The van der Waals surface area contributed by atoms with Crippen molar-refractivity contribution in [2.75, 3.05) is 6.54 Å². The van der Waals surface area contributed by atoms with Crippen LogP contribution in [0.2, 0.25) is 5.02 Å². The summed E-state index contributed by atoms with van der Waals surface area (Å²) in [6, 6.07) is 6.05. The van der Waals surface area contributed by atoms with Gasteiger partial charge in [-0.2, -0.15) is 0 Å². The standard InChI is InChI=1S/C15H19ClN2/c1-15(2)7-3-4-14-17-13-8-12(16)6-5-11(13)9-18(14)10-15/h5-6,8H,3-4,7,9-10H2,1-2H3. The van der Waals surface area contributed by atoms with Crippen molar-refractivity contribution in [1.82, 2.24) is 4.90 Å². The summed E-state index contributed by atoms with van der Waals surface area (Å²) in [5.74, 6) is 1.25. The smallest absolute Gasteiger partial charge is 0.105 e. The first kappa shape index (κ1) is 12.0. The highest BCUT2D eigenvalue weighted by atomic mass is 35.5. The first-order valence-electron chi connectivity index (χ1n) is 6.64. The summed E-state index contributed by atoms with van der Waals surface area (Å²) in [7, 11) is 0. The molecular formula is C15H19ClN2. The Morgan fingerprint density at radius 3 is 3.00 bits per heavy atom. The van der Waals surface area contributed by atoms with E-state index >= 15 is 0 Å². The molecule has 0 aromatic heterocycles. The minimum absolute atomic E-state index is 0.390. The molecule has 0 amide bonds. The molecule has 96 valence electrons. The largest absolute Gasteiger partial charge is 0.355 e. The summed E-state index contributed by atoms with van der Waals surface area (Å²) < 4.78 is 0. The summed E-state index contributed by atoms with van der Waals surface area (Å²) in [5, 5.41) is 0.778. The minimum atomic E-state index is 0.390. The van der Waals surface area contributed by atoms with E-state index < -0.39 is 0 Å². The van der Waals surface area contributed by atoms with Crippen molar-refractivity contribution < 1.29 is 0 Å². The van der Waals surface area contributed by atoms with Gasteiger partial charge >= 0.3 is 0 Å². The first-order chi connectivity index (χ1) is 8.53. The van der Waals surface area contributed by atoms with Crippen molar-refractivity contribution in [1.29, 1.82) is 0 Å². The molecular weight excluding hydrogens is 244 g/mol. The number of hydrogen-bond acceptors (Lipinski definition) is 2. The van der Waals surface area contributed by atoms with E-state index in [2.05, 4.69) is 24.8 Å². The SMILES string of the molecule is CC1(C)CCCC2=Nc3cc(Cl)ccc3CN2C1. The Hall–Kier alpha value is -1.02. The number of halogens is 1. The van der Waals surface area contributed by atoms with Crippen LogP contribution in [0.25, 0.3) is 0 Å². The molecule has 2 aliphatic rings. The second kappa shape index (κ2) is 4.27. The Kier molecular flexibility index (Phi) is 2.86. The lowest BCUT2D eigenvalue weighted by Gasteiger charge is -2.34. The van der Waals surface area contributed by atoms with Crippen molar-refractivity contribution in [3.05, 3.63) is 28.8 Å². The van der Waals surface area contributed by atoms with E-state index in [1.165, 1.54) is 24.2 Å². The number of nitrogens with zero attached hydrogens (tertiary/aromatic N) is 2. The zero-order valence-corrected chi connectivity index (χ0v) is 11.8. The molecule has 0 spiro atoms. The molecule has 0 unspecified atom stereocenters. The quantitative estimate of drug-likeness (QED) is 0.677. The van der Waals surface area contributed by atoms with Crippen molar-refractivity contribution in [2.24, 2.45) is 10.4 Å². The predicted molar refractivity (Wildman–Crippen MR) is 76.6 cm³/mol. The van der Waals surface area contributed by atoms with E-state index in [0.29, 0.717) is 5.41 Å². The number of benzene rings is 1. The van der Waals surface area contributed by atoms with Crippen LogP contribution in [0.4, 0.5) is 5.69 Å². The summed E-state index contributed by atoms with van der Waals surface area (Å²) in [5.41, 5.74) is 2.75. The zero-order valence-electron chi connectivity index (χ0n) is 11.0. The number of aliphatic imine (C=N–C) groups is 1. The van der Waals surface area contributed by atoms with Gasteiger partial charge in [-0.1, -0.05) is 31.5 Å². The van der Waals surface area contributed by atoms with E-state index in [1.807, 2.05) is 12.1 Å². The van der Waals surface area contributed by atoms with Gasteiger partial charge in [-0.05, 0) is 36.0 Å². The van der Waals surface area contributed by atoms with Crippen LogP contribution in [-0.4, -0.2) is 17.3 Å². The number of hydrogen-bond donors (Lipinski definition) is 0. The van der Waals surface area contributed by atoms with Crippen LogP contribution in [0.3, 0.4) is 0 Å². The van der Waals surface area contributed by atoms with Crippen LogP contribution in [0.5, 0.6) is 0 Å². The average Bonchev–Trinajstić information content (AvgIpc) is 2.43. The zero-order chi connectivity index (χ0) is 12.8. The van der Waals surface area contributed by atoms with Crippen molar-refractivity contribution >= 4 is 23.1 Å². The molecule has 1 aromatic carbocycles. The Bertz CT molecular complexity index is 505. The predicted octanol–water partition coefficient (Wildman–Crippen LogP) is 4.40. The monoisotopic (exact) mass is 262 g/mol. The molecule has 3 rings (SSSR count). The fourth-order valence-electron chi connectivity index (χ4n) is 2.96. The van der Waals surface area contributed by atoms with E-state index in [1.54, 1.807) is 0 Å². The first-order valence-corrected chi connectivity index (χ1v) is 7.02. The van der Waals surface area contributed by atoms with Crippen LogP contribution in [0, 0.1) is 5.41 Å². The maximum atomic E-state index is 6.05. The van der Waals surface area contributed by atoms with Crippen molar-refractivity contribution in [3.8, 4) is 0 Å². The Morgan fingerprint density at radius 2 is 2.17 bits per heavy atom. The lowest BCUT2D eigenvalue weighted by atomic mass is 9.88. The van der Waals surface area contributed by atoms with Crippen LogP contribution >= 0.6 is 11.6 Å². The maximum absolute atomic E-state index is 6.05. The molecule has 2 heterocycles. The lowest BCUT2D eigenvalue weighted by Crippen LogP contribution is -2.37. The lowest BCUT2D eigenvalue weighted by molar-refractivity contribution is 0.242. The molecule has 18 heavy (non-hydrogen) atoms. The van der Waals surface area contributed by atoms with Crippen LogP contribution < -0.4 is 0 Å². The van der Waals surface area contributed by atoms with Crippen LogP contribution in [0.1, 0.15) is 38.7 Å². The Morgan fingerprint density at radius 1 is 1.33 bits per heavy atom. The Labute approximate surface area is 114 Å². The Balaban J connectivity index is 1.97. The topological polar surface area (TPSA) is 15.6 Å². The third-order valence-corrected chi connectivity index (χ3v) is 4.13. The van der Waals surface area contributed by atoms with Gasteiger partial charge in [0.1, 0.15) is 5.84 Å². The average molecular weight is 263 g/mol. The number of fused-ring (bicyclic) bond motifs is 2. The molecule has 3 heteroatoms.